The molecule has 1 aromatic carbocycles. The normalized spacial score (nSPS) is 24.7. The van der Waals surface area contributed by atoms with Gasteiger partial charge >= 0.3 is 0 Å². The molecule has 94 valence electrons. The summed E-state index contributed by atoms with van der Waals surface area (Å²) >= 11 is 11.5. The lowest BCUT2D eigenvalue weighted by molar-refractivity contribution is 0.410. The van der Waals surface area contributed by atoms with Gasteiger partial charge in [0.1, 0.15) is 0 Å². The first kappa shape index (κ1) is 12.9. The minimum absolute atomic E-state index is 0.0239. The van der Waals surface area contributed by atoms with Crippen LogP contribution in [0.1, 0.15) is 25.7 Å². The van der Waals surface area contributed by atoms with Crippen molar-refractivity contribution in [3.8, 4) is 0 Å². The molecule has 2 rings (SSSR count). The van der Waals surface area contributed by atoms with Gasteiger partial charge < -0.3 is 11.1 Å². The first-order valence-corrected chi connectivity index (χ1v) is 6.49. The van der Waals surface area contributed by atoms with Crippen LogP contribution in [0.5, 0.6) is 0 Å². The van der Waals surface area contributed by atoms with E-state index in [9.17, 15) is 4.39 Å². The van der Waals surface area contributed by atoms with Gasteiger partial charge in [-0.05, 0) is 37.8 Å². The monoisotopic (exact) mass is 276 g/mol. The van der Waals surface area contributed by atoms with Crippen LogP contribution in [0.4, 0.5) is 10.1 Å². The molecule has 5 heteroatoms. The zero-order valence-electron chi connectivity index (χ0n) is 9.35. The van der Waals surface area contributed by atoms with Crippen LogP contribution >= 0.6 is 23.2 Å². The van der Waals surface area contributed by atoms with Crippen molar-refractivity contribution in [2.24, 2.45) is 5.73 Å². The van der Waals surface area contributed by atoms with Gasteiger partial charge in [0, 0.05) is 12.1 Å². The number of nitrogens with one attached hydrogen (secondary N) is 1. The molecule has 0 aliphatic heterocycles. The molecule has 0 radical (unpaired) electrons. The number of rotatable bonds is 2. The summed E-state index contributed by atoms with van der Waals surface area (Å²) in [6.07, 6.45) is 3.86. The maximum atomic E-state index is 13.8. The average Bonchev–Trinajstić information content (AvgIpc) is 2.33. The van der Waals surface area contributed by atoms with Crippen LogP contribution < -0.4 is 11.1 Å². The first-order chi connectivity index (χ1) is 8.08. The molecule has 0 bridgehead atoms. The zero-order chi connectivity index (χ0) is 12.4. The number of hydrogen-bond donors (Lipinski definition) is 2. The molecule has 0 unspecified atom stereocenters. The van der Waals surface area contributed by atoms with Crippen LogP contribution in [-0.4, -0.2) is 12.1 Å². The van der Waals surface area contributed by atoms with Crippen molar-refractivity contribution in [2.45, 2.75) is 37.8 Å². The molecular weight excluding hydrogens is 262 g/mol. The standard InChI is InChI=1S/C12H15Cl2FN2/c13-9-5-6-10(12(15)11(9)14)17-8-3-1-7(16)2-4-8/h5-8,17H,1-4,16H2. The van der Waals surface area contributed by atoms with E-state index < -0.39 is 5.82 Å². The predicted molar refractivity (Wildman–Crippen MR) is 70.3 cm³/mol. The Morgan fingerprint density at radius 1 is 1.18 bits per heavy atom. The van der Waals surface area contributed by atoms with Crippen molar-refractivity contribution in [1.82, 2.24) is 0 Å². The molecule has 2 nitrogen and oxygen atoms in total. The predicted octanol–water partition coefficient (Wildman–Crippen LogP) is 3.81. The summed E-state index contributed by atoms with van der Waals surface area (Å²) in [7, 11) is 0. The Hall–Kier alpha value is -0.510. The summed E-state index contributed by atoms with van der Waals surface area (Å²) in [6, 6.07) is 3.77. The van der Waals surface area contributed by atoms with Crippen molar-refractivity contribution >= 4 is 28.9 Å². The molecule has 1 aliphatic rings. The number of nitrogens with two attached hydrogens (primary N) is 1. The van der Waals surface area contributed by atoms with Crippen LogP contribution in [0.15, 0.2) is 12.1 Å². The molecule has 0 atom stereocenters. The Bertz CT molecular complexity index is 404. The van der Waals surface area contributed by atoms with Gasteiger partial charge in [-0.15, -0.1) is 0 Å². The lowest BCUT2D eigenvalue weighted by Gasteiger charge is -2.27. The van der Waals surface area contributed by atoms with Gasteiger partial charge in [-0.25, -0.2) is 4.39 Å². The van der Waals surface area contributed by atoms with Crippen LogP contribution in [0.2, 0.25) is 10.0 Å². The summed E-state index contributed by atoms with van der Waals surface area (Å²) in [5, 5.41) is 3.38. The van der Waals surface area contributed by atoms with Crippen LogP contribution in [-0.2, 0) is 0 Å². The quantitative estimate of drug-likeness (QED) is 0.806. The van der Waals surface area contributed by atoms with Gasteiger partial charge in [0.05, 0.1) is 15.7 Å². The molecule has 0 saturated heterocycles. The van der Waals surface area contributed by atoms with E-state index in [4.69, 9.17) is 28.9 Å². The van der Waals surface area contributed by atoms with E-state index in [1.165, 1.54) is 0 Å². The molecule has 1 fully saturated rings. The molecule has 0 heterocycles. The van der Waals surface area contributed by atoms with E-state index >= 15 is 0 Å². The van der Waals surface area contributed by atoms with Crippen LogP contribution in [0, 0.1) is 5.82 Å². The summed E-state index contributed by atoms with van der Waals surface area (Å²) in [5.41, 5.74) is 6.24. The molecule has 1 aliphatic carbocycles. The number of benzene rings is 1. The number of anilines is 1. The molecule has 0 amide bonds. The third-order valence-corrected chi connectivity index (χ3v) is 3.95. The highest BCUT2D eigenvalue weighted by Crippen LogP contribution is 2.31. The molecule has 0 spiro atoms. The minimum atomic E-state index is -0.478. The van der Waals surface area contributed by atoms with Gasteiger partial charge in [0.25, 0.3) is 0 Å². The third kappa shape index (κ3) is 3.03. The molecular formula is C12H15Cl2FN2. The Kier molecular flexibility index (Phi) is 4.13. The van der Waals surface area contributed by atoms with E-state index in [1.54, 1.807) is 12.1 Å². The van der Waals surface area contributed by atoms with Crippen molar-refractivity contribution in [2.75, 3.05) is 5.32 Å². The molecule has 1 saturated carbocycles. The van der Waals surface area contributed by atoms with E-state index in [1.807, 2.05) is 0 Å². The topological polar surface area (TPSA) is 38.0 Å². The zero-order valence-corrected chi connectivity index (χ0v) is 10.9. The third-order valence-electron chi connectivity index (χ3n) is 3.17. The smallest absolute Gasteiger partial charge is 0.166 e. The Morgan fingerprint density at radius 2 is 1.82 bits per heavy atom. The highest BCUT2D eigenvalue weighted by atomic mass is 35.5. The Labute approximate surface area is 110 Å². The fourth-order valence-electron chi connectivity index (χ4n) is 2.12. The molecule has 1 aromatic rings. The van der Waals surface area contributed by atoms with Crippen molar-refractivity contribution in [3.63, 3.8) is 0 Å². The van der Waals surface area contributed by atoms with Crippen LogP contribution in [0.3, 0.4) is 0 Å². The SMILES string of the molecule is NC1CCC(Nc2ccc(Cl)c(Cl)c2F)CC1. The Morgan fingerprint density at radius 3 is 2.47 bits per heavy atom. The second kappa shape index (κ2) is 5.42. The molecule has 3 N–H and O–H groups in total. The van der Waals surface area contributed by atoms with E-state index in [2.05, 4.69) is 5.32 Å². The van der Waals surface area contributed by atoms with E-state index in [0.717, 1.165) is 25.7 Å². The number of halogens is 3. The highest BCUT2D eigenvalue weighted by molar-refractivity contribution is 6.42. The largest absolute Gasteiger partial charge is 0.380 e. The minimum Gasteiger partial charge on any atom is -0.380 e. The second-order valence-corrected chi connectivity index (χ2v) is 5.26. The first-order valence-electron chi connectivity index (χ1n) is 5.73. The maximum Gasteiger partial charge on any atom is 0.166 e. The molecule has 17 heavy (non-hydrogen) atoms. The van der Waals surface area contributed by atoms with Crippen molar-refractivity contribution < 1.29 is 4.39 Å². The number of hydrogen-bond acceptors (Lipinski definition) is 2. The van der Waals surface area contributed by atoms with Crippen molar-refractivity contribution in [3.05, 3.63) is 28.0 Å². The lowest BCUT2D eigenvalue weighted by atomic mass is 9.91. The molecule has 0 aromatic heterocycles. The van der Waals surface area contributed by atoms with Gasteiger partial charge in [0.2, 0.25) is 0 Å². The average molecular weight is 277 g/mol. The summed E-state index contributed by atoms with van der Waals surface area (Å²) < 4.78 is 13.8. The van der Waals surface area contributed by atoms with Crippen LogP contribution in [0.25, 0.3) is 0 Å². The highest BCUT2D eigenvalue weighted by Gasteiger charge is 2.20. The maximum absolute atomic E-state index is 13.8. The fourth-order valence-corrected chi connectivity index (χ4v) is 2.43. The van der Waals surface area contributed by atoms with Crippen molar-refractivity contribution in [1.29, 1.82) is 0 Å². The Balaban J connectivity index is 2.06. The van der Waals surface area contributed by atoms with E-state index in [0.29, 0.717) is 5.69 Å². The second-order valence-electron chi connectivity index (χ2n) is 4.48. The summed E-state index contributed by atoms with van der Waals surface area (Å²) in [6.45, 7) is 0. The summed E-state index contributed by atoms with van der Waals surface area (Å²) in [5.74, 6) is -0.478. The fraction of sp³-hybridized carbons (Fsp3) is 0.500. The van der Waals surface area contributed by atoms with Gasteiger partial charge in [-0.1, -0.05) is 23.2 Å². The lowest BCUT2D eigenvalue weighted by Crippen LogP contribution is -2.33. The van der Waals surface area contributed by atoms with E-state index in [-0.39, 0.29) is 22.1 Å². The van der Waals surface area contributed by atoms with Gasteiger partial charge in [-0.3, -0.25) is 0 Å². The summed E-state index contributed by atoms with van der Waals surface area (Å²) in [4.78, 5) is 0. The van der Waals surface area contributed by atoms with Gasteiger partial charge in [0.15, 0.2) is 5.82 Å². The van der Waals surface area contributed by atoms with Gasteiger partial charge in [-0.2, -0.15) is 0 Å².